The van der Waals surface area contributed by atoms with Gasteiger partial charge in [-0.1, -0.05) is 23.2 Å². The van der Waals surface area contributed by atoms with Crippen LogP contribution in [0.15, 0.2) is 52.9 Å². The van der Waals surface area contributed by atoms with E-state index in [2.05, 4.69) is 10.6 Å². The Hall–Kier alpha value is -2.70. The second-order valence-electron chi connectivity index (χ2n) is 8.03. The van der Waals surface area contributed by atoms with Crippen LogP contribution in [0.2, 0.25) is 10.0 Å². The molecule has 168 valence electrons. The third kappa shape index (κ3) is 5.96. The van der Waals surface area contributed by atoms with Crippen molar-refractivity contribution in [3.05, 3.63) is 64.3 Å². The van der Waals surface area contributed by atoms with E-state index in [1.807, 2.05) is 0 Å². The van der Waals surface area contributed by atoms with Crippen LogP contribution in [0, 0.1) is 5.92 Å². The summed E-state index contributed by atoms with van der Waals surface area (Å²) in [4.78, 5) is 24.6. The normalized spacial score (nSPS) is 18.3. The predicted molar refractivity (Wildman–Crippen MR) is 124 cm³/mol. The van der Waals surface area contributed by atoms with Gasteiger partial charge in [0.1, 0.15) is 11.3 Å². The average Bonchev–Trinajstić information content (AvgIpc) is 3.21. The lowest BCUT2D eigenvalue weighted by Crippen LogP contribution is -2.41. The Kier molecular flexibility index (Phi) is 7.22. The first-order valence-corrected chi connectivity index (χ1v) is 11.4. The maximum Gasteiger partial charge on any atom is 0.287 e. The summed E-state index contributed by atoms with van der Waals surface area (Å²) >= 11 is 11.8. The molecule has 2 amide bonds. The van der Waals surface area contributed by atoms with Crippen LogP contribution in [0.3, 0.4) is 0 Å². The molecule has 0 bridgehead atoms. The molecular weight excluding hydrogens is 451 g/mol. The van der Waals surface area contributed by atoms with Crippen molar-refractivity contribution >= 4 is 46.0 Å². The molecule has 0 aliphatic heterocycles. The second-order valence-corrected chi connectivity index (χ2v) is 8.90. The highest BCUT2D eigenvalue weighted by Crippen LogP contribution is 2.25. The van der Waals surface area contributed by atoms with Gasteiger partial charge in [0.05, 0.1) is 0 Å². The number of rotatable bonds is 7. The van der Waals surface area contributed by atoms with Crippen molar-refractivity contribution in [2.24, 2.45) is 5.92 Å². The lowest BCUT2D eigenvalue weighted by Gasteiger charge is -2.29. The van der Waals surface area contributed by atoms with Crippen molar-refractivity contribution in [2.75, 3.05) is 13.2 Å². The maximum absolute atomic E-state index is 12.4. The Morgan fingerprint density at radius 3 is 2.44 bits per heavy atom. The van der Waals surface area contributed by atoms with Gasteiger partial charge in [-0.25, -0.2) is 0 Å². The molecule has 1 aliphatic rings. The Balaban J connectivity index is 1.17. The molecule has 0 saturated heterocycles. The largest absolute Gasteiger partial charge is 0.484 e. The Bertz CT molecular complexity index is 1090. The van der Waals surface area contributed by atoms with Gasteiger partial charge in [-0.3, -0.25) is 9.59 Å². The number of hydrogen-bond acceptors (Lipinski definition) is 4. The summed E-state index contributed by atoms with van der Waals surface area (Å²) in [5, 5.41) is 8.02. The molecule has 1 aliphatic carbocycles. The number of carbonyl (C=O) groups is 2. The number of hydrogen-bond donors (Lipinski definition) is 2. The van der Waals surface area contributed by atoms with Crippen LogP contribution in [0.1, 0.15) is 36.2 Å². The van der Waals surface area contributed by atoms with Crippen LogP contribution in [-0.2, 0) is 4.79 Å². The minimum Gasteiger partial charge on any atom is -0.484 e. The zero-order chi connectivity index (χ0) is 22.5. The van der Waals surface area contributed by atoms with Crippen molar-refractivity contribution in [1.29, 1.82) is 0 Å². The number of ether oxygens (including phenoxy) is 1. The van der Waals surface area contributed by atoms with Gasteiger partial charge in [-0.05, 0) is 80.1 Å². The highest BCUT2D eigenvalue weighted by Gasteiger charge is 2.23. The summed E-state index contributed by atoms with van der Waals surface area (Å²) in [5.74, 6) is 0.894. The summed E-state index contributed by atoms with van der Waals surface area (Å²) in [7, 11) is 0. The van der Waals surface area contributed by atoms with Gasteiger partial charge in [0, 0.05) is 28.0 Å². The van der Waals surface area contributed by atoms with Gasteiger partial charge in [0.2, 0.25) is 0 Å². The number of benzene rings is 2. The van der Waals surface area contributed by atoms with Crippen molar-refractivity contribution in [2.45, 2.75) is 31.7 Å². The first-order chi connectivity index (χ1) is 15.5. The zero-order valence-corrected chi connectivity index (χ0v) is 18.9. The van der Waals surface area contributed by atoms with E-state index in [9.17, 15) is 9.59 Å². The molecule has 6 nitrogen and oxygen atoms in total. The lowest BCUT2D eigenvalue weighted by atomic mass is 9.86. The fourth-order valence-corrected chi connectivity index (χ4v) is 4.22. The fraction of sp³-hybridized carbons (Fsp3) is 0.333. The molecule has 2 aromatic carbocycles. The van der Waals surface area contributed by atoms with Crippen LogP contribution < -0.4 is 15.4 Å². The smallest absolute Gasteiger partial charge is 0.287 e. The van der Waals surface area contributed by atoms with Crippen molar-refractivity contribution in [3.63, 3.8) is 0 Å². The average molecular weight is 475 g/mol. The molecule has 3 aromatic rings. The van der Waals surface area contributed by atoms with E-state index in [1.54, 1.807) is 48.5 Å². The molecule has 4 rings (SSSR count). The zero-order valence-electron chi connectivity index (χ0n) is 17.4. The minimum atomic E-state index is -0.230. The Morgan fingerprint density at radius 2 is 1.69 bits per heavy atom. The van der Waals surface area contributed by atoms with Gasteiger partial charge in [0.15, 0.2) is 12.4 Å². The van der Waals surface area contributed by atoms with E-state index < -0.39 is 0 Å². The molecule has 0 unspecified atom stereocenters. The molecule has 0 radical (unpaired) electrons. The quantitative estimate of drug-likeness (QED) is 0.491. The first kappa shape index (κ1) is 22.5. The van der Waals surface area contributed by atoms with Gasteiger partial charge in [0.25, 0.3) is 11.8 Å². The van der Waals surface area contributed by atoms with E-state index >= 15 is 0 Å². The molecule has 0 spiro atoms. The van der Waals surface area contributed by atoms with Crippen LogP contribution in [0.25, 0.3) is 11.0 Å². The monoisotopic (exact) mass is 474 g/mol. The van der Waals surface area contributed by atoms with Crippen LogP contribution in [0.4, 0.5) is 0 Å². The molecule has 2 N–H and O–H groups in total. The number of nitrogens with one attached hydrogen (secondary N) is 2. The molecule has 0 atom stereocenters. The second kappa shape index (κ2) is 10.3. The topological polar surface area (TPSA) is 80.6 Å². The standard InChI is InChI=1S/C24H24Cl2N2O4/c25-17-3-8-20(9-4-17)31-14-23(29)28-19-6-1-15(2-7-19)13-27-24(30)22-12-16-11-18(26)5-10-21(16)32-22/h3-5,8-12,15,19H,1-2,6-7,13-14H2,(H,27,30)(H,28,29). The summed E-state index contributed by atoms with van der Waals surface area (Å²) in [5.41, 5.74) is 0.635. The molecular formula is C24H24Cl2N2O4. The lowest BCUT2D eigenvalue weighted by molar-refractivity contribution is -0.124. The van der Waals surface area contributed by atoms with Gasteiger partial charge in [-0.15, -0.1) is 0 Å². The number of furan rings is 1. The fourth-order valence-electron chi connectivity index (χ4n) is 3.91. The molecule has 1 aromatic heterocycles. The minimum absolute atomic E-state index is 0.0274. The summed E-state index contributed by atoms with van der Waals surface area (Å²) in [6.07, 6.45) is 3.60. The Morgan fingerprint density at radius 1 is 0.969 bits per heavy atom. The first-order valence-electron chi connectivity index (χ1n) is 10.6. The van der Waals surface area contributed by atoms with E-state index in [0.717, 1.165) is 31.1 Å². The third-order valence-corrected chi connectivity index (χ3v) is 6.14. The van der Waals surface area contributed by atoms with Crippen LogP contribution in [0.5, 0.6) is 5.75 Å². The number of halogens is 2. The number of carbonyl (C=O) groups excluding carboxylic acids is 2. The number of amides is 2. The van der Waals surface area contributed by atoms with Crippen molar-refractivity contribution in [3.8, 4) is 5.75 Å². The van der Waals surface area contributed by atoms with E-state index in [-0.39, 0.29) is 30.2 Å². The maximum atomic E-state index is 12.4. The van der Waals surface area contributed by atoms with E-state index in [0.29, 0.717) is 33.8 Å². The molecule has 1 fully saturated rings. The predicted octanol–water partition coefficient (Wildman–Crippen LogP) is 5.22. The van der Waals surface area contributed by atoms with Crippen LogP contribution in [-0.4, -0.2) is 31.0 Å². The molecule has 8 heteroatoms. The molecule has 1 saturated carbocycles. The molecule has 1 heterocycles. The van der Waals surface area contributed by atoms with Gasteiger partial charge >= 0.3 is 0 Å². The van der Waals surface area contributed by atoms with Gasteiger partial charge < -0.3 is 19.8 Å². The number of fused-ring (bicyclic) bond motifs is 1. The van der Waals surface area contributed by atoms with Crippen LogP contribution >= 0.6 is 23.2 Å². The highest BCUT2D eigenvalue weighted by molar-refractivity contribution is 6.31. The summed E-state index contributed by atoms with van der Waals surface area (Å²) in [6, 6.07) is 14.0. The van der Waals surface area contributed by atoms with Crippen molar-refractivity contribution < 1.29 is 18.7 Å². The Labute approximate surface area is 196 Å². The third-order valence-electron chi connectivity index (χ3n) is 5.65. The van der Waals surface area contributed by atoms with Gasteiger partial charge in [-0.2, -0.15) is 0 Å². The SMILES string of the molecule is O=C(COc1ccc(Cl)cc1)NC1CCC(CNC(=O)c2cc3cc(Cl)ccc3o2)CC1. The molecule has 32 heavy (non-hydrogen) atoms. The highest BCUT2D eigenvalue weighted by atomic mass is 35.5. The van der Waals surface area contributed by atoms with Crippen molar-refractivity contribution in [1.82, 2.24) is 10.6 Å². The summed E-state index contributed by atoms with van der Waals surface area (Å²) in [6.45, 7) is 0.553. The summed E-state index contributed by atoms with van der Waals surface area (Å²) < 4.78 is 11.1. The van der Waals surface area contributed by atoms with E-state index in [4.69, 9.17) is 32.4 Å². The van der Waals surface area contributed by atoms with E-state index in [1.165, 1.54) is 0 Å².